The molecule has 0 unspecified atom stereocenters. The molecule has 0 saturated carbocycles. The Morgan fingerprint density at radius 1 is 1.21 bits per heavy atom. The molecule has 1 N–H and O–H groups in total. The summed E-state index contributed by atoms with van der Waals surface area (Å²) in [5.74, 6) is 1.59. The van der Waals surface area contributed by atoms with Crippen molar-refractivity contribution in [1.29, 1.82) is 0 Å². The molecule has 28 heavy (non-hydrogen) atoms. The number of benzene rings is 2. The average molecular weight is 399 g/mol. The molecular formula is C20H21N3O4S. The topological polar surface area (TPSA) is 86.8 Å². The molecule has 0 radical (unpaired) electrons. The van der Waals surface area contributed by atoms with Crippen molar-refractivity contribution in [2.24, 2.45) is 0 Å². The fourth-order valence-electron chi connectivity index (χ4n) is 3.45. The van der Waals surface area contributed by atoms with Gasteiger partial charge in [0.2, 0.25) is 15.9 Å². The van der Waals surface area contributed by atoms with Gasteiger partial charge in [0.15, 0.2) is 0 Å². The Kier molecular flexibility index (Phi) is 5.40. The molecule has 0 bridgehead atoms. The second kappa shape index (κ2) is 7.62. The van der Waals surface area contributed by atoms with E-state index >= 15 is 0 Å². The van der Waals surface area contributed by atoms with Crippen LogP contribution < -0.4 is 10.2 Å². The van der Waals surface area contributed by atoms with Crippen LogP contribution in [0.25, 0.3) is 10.8 Å². The summed E-state index contributed by atoms with van der Waals surface area (Å²) in [6.07, 6.45) is 5.14. The van der Waals surface area contributed by atoms with E-state index in [4.69, 9.17) is 6.42 Å². The number of amides is 2. The third-order valence-corrected chi connectivity index (χ3v) is 6.87. The molecule has 0 atom stereocenters. The van der Waals surface area contributed by atoms with E-state index in [1.54, 1.807) is 38.1 Å². The Labute approximate surface area is 164 Å². The molecular weight excluding hydrogens is 378 g/mol. The maximum Gasteiger partial charge on any atom is 0.259 e. The van der Waals surface area contributed by atoms with Gasteiger partial charge in [-0.2, -0.15) is 4.31 Å². The van der Waals surface area contributed by atoms with Crippen LogP contribution in [0.4, 0.5) is 5.69 Å². The summed E-state index contributed by atoms with van der Waals surface area (Å²) in [5, 5.41) is 3.55. The van der Waals surface area contributed by atoms with Crippen molar-refractivity contribution >= 4 is 38.3 Å². The van der Waals surface area contributed by atoms with Gasteiger partial charge in [0.1, 0.15) is 6.54 Å². The van der Waals surface area contributed by atoms with E-state index in [1.165, 1.54) is 15.3 Å². The Morgan fingerprint density at radius 2 is 1.93 bits per heavy atom. The standard InChI is InChI=1S/C20H21N3O4S/c1-4-12-21-18(24)13-23-16-10-11-17(28(26,27)22(5-2)6-3)14-8-7-9-15(19(14)16)20(23)25/h1,7-11H,5-6,12-13H2,2-3H3,(H,21,24). The number of hydrogen-bond donors (Lipinski definition) is 1. The molecule has 2 amide bonds. The molecule has 0 aromatic heterocycles. The van der Waals surface area contributed by atoms with Crippen molar-refractivity contribution in [2.75, 3.05) is 31.1 Å². The number of carbonyl (C=O) groups excluding carboxylic acids is 2. The molecule has 0 spiro atoms. The summed E-state index contributed by atoms with van der Waals surface area (Å²) in [4.78, 5) is 26.4. The third-order valence-electron chi connectivity index (χ3n) is 4.76. The van der Waals surface area contributed by atoms with Gasteiger partial charge in [-0.15, -0.1) is 6.42 Å². The van der Waals surface area contributed by atoms with Gasteiger partial charge in [-0.25, -0.2) is 8.42 Å². The molecule has 0 aliphatic carbocycles. The van der Waals surface area contributed by atoms with E-state index in [2.05, 4.69) is 11.2 Å². The quantitative estimate of drug-likeness (QED) is 0.716. The molecule has 2 aromatic rings. The maximum absolute atomic E-state index is 13.1. The zero-order valence-corrected chi connectivity index (χ0v) is 16.5. The zero-order valence-electron chi connectivity index (χ0n) is 15.7. The first-order valence-corrected chi connectivity index (χ1v) is 10.4. The molecule has 1 heterocycles. The van der Waals surface area contributed by atoms with Gasteiger partial charge in [-0.3, -0.25) is 14.5 Å². The second-order valence-corrected chi connectivity index (χ2v) is 8.18. The number of nitrogens with zero attached hydrogens (tertiary/aromatic N) is 2. The average Bonchev–Trinajstić information content (AvgIpc) is 2.95. The molecule has 3 rings (SSSR count). The van der Waals surface area contributed by atoms with Gasteiger partial charge >= 0.3 is 0 Å². The molecule has 8 heteroatoms. The largest absolute Gasteiger partial charge is 0.344 e. The minimum Gasteiger partial charge on any atom is -0.344 e. The lowest BCUT2D eigenvalue weighted by Crippen LogP contribution is -2.39. The molecule has 1 aliphatic rings. The number of sulfonamides is 1. The van der Waals surface area contributed by atoms with Crippen molar-refractivity contribution < 1.29 is 18.0 Å². The molecule has 7 nitrogen and oxygen atoms in total. The van der Waals surface area contributed by atoms with Gasteiger partial charge in [-0.05, 0) is 18.2 Å². The Bertz CT molecular complexity index is 1100. The minimum atomic E-state index is -3.70. The van der Waals surface area contributed by atoms with E-state index < -0.39 is 10.0 Å². The van der Waals surface area contributed by atoms with Crippen molar-refractivity contribution in [1.82, 2.24) is 9.62 Å². The highest BCUT2D eigenvalue weighted by Gasteiger charge is 2.34. The fraction of sp³-hybridized carbons (Fsp3) is 0.300. The first kappa shape index (κ1) is 19.9. The lowest BCUT2D eigenvalue weighted by atomic mass is 10.1. The van der Waals surface area contributed by atoms with Crippen LogP contribution in [0.2, 0.25) is 0 Å². The van der Waals surface area contributed by atoms with Crippen LogP contribution in [-0.4, -0.2) is 50.7 Å². The van der Waals surface area contributed by atoms with Crippen LogP contribution in [0.15, 0.2) is 35.2 Å². The lowest BCUT2D eigenvalue weighted by molar-refractivity contribution is -0.119. The lowest BCUT2D eigenvalue weighted by Gasteiger charge is -2.21. The van der Waals surface area contributed by atoms with Crippen LogP contribution in [0.3, 0.4) is 0 Å². The van der Waals surface area contributed by atoms with Crippen molar-refractivity contribution in [2.45, 2.75) is 18.7 Å². The highest BCUT2D eigenvalue weighted by atomic mass is 32.2. The highest BCUT2D eigenvalue weighted by Crippen LogP contribution is 2.40. The Balaban J connectivity index is 2.12. The third kappa shape index (κ3) is 3.13. The summed E-state index contributed by atoms with van der Waals surface area (Å²) in [5.41, 5.74) is 0.902. The first-order chi connectivity index (χ1) is 13.4. The number of nitrogens with one attached hydrogen (secondary N) is 1. The summed E-state index contributed by atoms with van der Waals surface area (Å²) >= 11 is 0. The predicted octanol–water partition coefficient (Wildman–Crippen LogP) is 1.58. The van der Waals surface area contributed by atoms with Crippen LogP contribution in [0.1, 0.15) is 24.2 Å². The van der Waals surface area contributed by atoms with Gasteiger partial charge < -0.3 is 5.32 Å². The number of terminal acetylenes is 1. The first-order valence-electron chi connectivity index (χ1n) is 8.94. The minimum absolute atomic E-state index is 0.0737. The van der Waals surface area contributed by atoms with Gasteiger partial charge in [-0.1, -0.05) is 31.9 Å². The van der Waals surface area contributed by atoms with Gasteiger partial charge in [0.05, 0.1) is 17.1 Å². The monoisotopic (exact) mass is 399 g/mol. The zero-order chi connectivity index (χ0) is 20.5. The van der Waals surface area contributed by atoms with E-state index in [-0.39, 0.29) is 29.8 Å². The second-order valence-electron chi connectivity index (χ2n) is 6.27. The van der Waals surface area contributed by atoms with Crippen molar-refractivity contribution in [3.8, 4) is 12.3 Å². The smallest absolute Gasteiger partial charge is 0.259 e. The summed E-state index contributed by atoms with van der Waals surface area (Å²) in [7, 11) is -3.70. The maximum atomic E-state index is 13.1. The van der Waals surface area contributed by atoms with Crippen LogP contribution in [-0.2, 0) is 14.8 Å². The summed E-state index contributed by atoms with van der Waals surface area (Å²) in [6.45, 7) is 4.14. The number of hydrogen-bond acceptors (Lipinski definition) is 4. The van der Waals surface area contributed by atoms with Crippen LogP contribution in [0.5, 0.6) is 0 Å². The molecule has 0 saturated heterocycles. The molecule has 2 aromatic carbocycles. The van der Waals surface area contributed by atoms with E-state index in [9.17, 15) is 18.0 Å². The van der Waals surface area contributed by atoms with Crippen LogP contribution >= 0.6 is 0 Å². The predicted molar refractivity (Wildman–Crippen MR) is 108 cm³/mol. The highest BCUT2D eigenvalue weighted by molar-refractivity contribution is 7.89. The number of rotatable bonds is 7. The fourth-order valence-corrected chi connectivity index (χ4v) is 5.10. The SMILES string of the molecule is C#CCNC(=O)CN1C(=O)c2cccc3c(S(=O)(=O)N(CC)CC)ccc1c23. The molecule has 0 fully saturated rings. The van der Waals surface area contributed by atoms with Gasteiger partial charge in [0.25, 0.3) is 5.91 Å². The van der Waals surface area contributed by atoms with E-state index in [0.717, 1.165) is 0 Å². The number of anilines is 1. The van der Waals surface area contributed by atoms with Crippen LogP contribution in [0, 0.1) is 12.3 Å². The Hall–Kier alpha value is -2.89. The molecule has 1 aliphatic heterocycles. The van der Waals surface area contributed by atoms with Gasteiger partial charge in [0, 0.05) is 29.4 Å². The number of carbonyl (C=O) groups is 2. The normalized spacial score (nSPS) is 13.2. The summed E-state index contributed by atoms with van der Waals surface area (Å²) in [6, 6.07) is 8.07. The Morgan fingerprint density at radius 3 is 2.57 bits per heavy atom. The molecule has 146 valence electrons. The van der Waals surface area contributed by atoms with E-state index in [1.807, 2.05) is 0 Å². The van der Waals surface area contributed by atoms with E-state index in [0.29, 0.717) is 35.1 Å². The van der Waals surface area contributed by atoms with Crippen molar-refractivity contribution in [3.05, 3.63) is 35.9 Å². The summed E-state index contributed by atoms with van der Waals surface area (Å²) < 4.78 is 27.5. The van der Waals surface area contributed by atoms with Crippen molar-refractivity contribution in [3.63, 3.8) is 0 Å².